The molecule has 0 amide bonds. The van der Waals surface area contributed by atoms with Crippen molar-refractivity contribution in [2.75, 3.05) is 11.5 Å². The van der Waals surface area contributed by atoms with Crippen molar-refractivity contribution in [3.05, 3.63) is 52.7 Å². The highest BCUT2D eigenvalue weighted by atomic mass is 35.5. The van der Waals surface area contributed by atoms with Crippen LogP contribution in [-0.2, 0) is 0 Å². The maximum atomic E-state index is 5.97. The Morgan fingerprint density at radius 2 is 2.15 bits per heavy atom. The van der Waals surface area contributed by atoms with E-state index in [1.807, 2.05) is 12.1 Å². The van der Waals surface area contributed by atoms with Crippen LogP contribution in [0.3, 0.4) is 0 Å². The van der Waals surface area contributed by atoms with Crippen molar-refractivity contribution in [2.45, 2.75) is 17.9 Å². The third-order valence-corrected chi connectivity index (χ3v) is 4.47. The number of thioether (sulfide) groups is 1. The van der Waals surface area contributed by atoms with Gasteiger partial charge in [-0.1, -0.05) is 29.8 Å². The summed E-state index contributed by atoms with van der Waals surface area (Å²) in [6.07, 6.45) is 1.53. The molecule has 106 valence electrons. The number of rotatable bonds is 5. The van der Waals surface area contributed by atoms with Crippen molar-refractivity contribution in [1.82, 2.24) is 10.4 Å². The maximum absolute atomic E-state index is 5.97. The van der Waals surface area contributed by atoms with Crippen molar-refractivity contribution >= 4 is 29.2 Å². The van der Waals surface area contributed by atoms with Gasteiger partial charge in [0.25, 0.3) is 0 Å². The Morgan fingerprint density at radius 1 is 1.40 bits per heavy atom. The number of aryl methyl sites for hydroxylation is 1. The van der Waals surface area contributed by atoms with Gasteiger partial charge in [0.15, 0.2) is 0 Å². The van der Waals surface area contributed by atoms with E-state index in [-0.39, 0.29) is 6.04 Å². The second-order valence-corrected chi connectivity index (χ2v) is 5.92. The van der Waals surface area contributed by atoms with Gasteiger partial charge in [-0.3, -0.25) is 11.3 Å². The Kier molecular flexibility index (Phi) is 5.25. The van der Waals surface area contributed by atoms with Crippen molar-refractivity contribution in [2.24, 2.45) is 5.84 Å². The summed E-state index contributed by atoms with van der Waals surface area (Å²) in [6, 6.07) is 9.92. The van der Waals surface area contributed by atoms with Gasteiger partial charge in [0.2, 0.25) is 0 Å². The van der Waals surface area contributed by atoms with E-state index in [1.54, 1.807) is 17.8 Å². The monoisotopic (exact) mass is 308 g/mol. The molecule has 20 heavy (non-hydrogen) atoms. The second kappa shape index (κ2) is 6.95. The fourth-order valence-electron chi connectivity index (χ4n) is 1.86. The van der Waals surface area contributed by atoms with Crippen LogP contribution in [0.5, 0.6) is 0 Å². The zero-order valence-electron chi connectivity index (χ0n) is 11.1. The van der Waals surface area contributed by atoms with Gasteiger partial charge in [0, 0.05) is 22.4 Å². The molecule has 0 saturated carbocycles. The Hall–Kier alpha value is -1.27. The highest BCUT2D eigenvalue weighted by Gasteiger charge is 2.15. The number of nitrogens with two attached hydrogens (primary N) is 2. The lowest BCUT2D eigenvalue weighted by atomic mass is 10.1. The van der Waals surface area contributed by atoms with Gasteiger partial charge in [-0.15, -0.1) is 11.8 Å². The second-order valence-electron chi connectivity index (χ2n) is 4.42. The van der Waals surface area contributed by atoms with Crippen LogP contribution in [0.2, 0.25) is 5.02 Å². The predicted octanol–water partition coefficient (Wildman–Crippen LogP) is 2.92. The quantitative estimate of drug-likeness (QED) is 0.450. The molecule has 1 unspecified atom stereocenters. The van der Waals surface area contributed by atoms with Gasteiger partial charge in [-0.05, 0) is 24.6 Å². The number of nitrogens with one attached hydrogen (secondary N) is 1. The van der Waals surface area contributed by atoms with Crippen molar-refractivity contribution < 1.29 is 0 Å². The summed E-state index contributed by atoms with van der Waals surface area (Å²) >= 11 is 7.69. The first-order chi connectivity index (χ1) is 9.61. The van der Waals surface area contributed by atoms with Crippen LogP contribution in [0.15, 0.2) is 41.4 Å². The van der Waals surface area contributed by atoms with E-state index >= 15 is 0 Å². The van der Waals surface area contributed by atoms with Crippen molar-refractivity contribution in [3.8, 4) is 0 Å². The topological polar surface area (TPSA) is 77.0 Å². The molecule has 0 spiro atoms. The zero-order chi connectivity index (χ0) is 14.5. The number of pyridine rings is 1. The number of hydrazine groups is 1. The molecule has 1 aromatic heterocycles. The molecule has 1 aromatic carbocycles. The van der Waals surface area contributed by atoms with Gasteiger partial charge in [0.1, 0.15) is 5.82 Å². The number of hydrogen-bond acceptors (Lipinski definition) is 5. The summed E-state index contributed by atoms with van der Waals surface area (Å²) in [5.74, 6) is 6.83. The number of nitrogen functional groups attached to an aromatic ring is 1. The van der Waals surface area contributed by atoms with Crippen LogP contribution in [0.4, 0.5) is 5.82 Å². The summed E-state index contributed by atoms with van der Waals surface area (Å²) in [5, 5.41) is 0.551. The Bertz CT molecular complexity index is 591. The molecular formula is C14H17ClN4S. The van der Waals surface area contributed by atoms with E-state index in [1.165, 1.54) is 16.7 Å². The highest BCUT2D eigenvalue weighted by molar-refractivity contribution is 7.99. The molecule has 0 saturated heterocycles. The van der Waals surface area contributed by atoms with Crippen molar-refractivity contribution in [3.63, 3.8) is 0 Å². The minimum Gasteiger partial charge on any atom is -0.383 e. The molecule has 4 nitrogen and oxygen atoms in total. The lowest BCUT2D eigenvalue weighted by Gasteiger charge is -2.18. The number of aromatic nitrogens is 1. The SMILES string of the molecule is Cc1ccccc1SCC(NN)c1cc(Cl)cnc1N. The lowest BCUT2D eigenvalue weighted by molar-refractivity contribution is 0.610. The van der Waals surface area contributed by atoms with Crippen LogP contribution in [0, 0.1) is 6.92 Å². The average molecular weight is 309 g/mol. The van der Waals surface area contributed by atoms with Crippen LogP contribution in [-0.4, -0.2) is 10.7 Å². The molecule has 2 rings (SSSR count). The normalized spacial score (nSPS) is 12.3. The molecule has 5 N–H and O–H groups in total. The van der Waals surface area contributed by atoms with E-state index in [0.29, 0.717) is 10.8 Å². The van der Waals surface area contributed by atoms with E-state index in [4.69, 9.17) is 23.2 Å². The highest BCUT2D eigenvalue weighted by Crippen LogP contribution is 2.29. The van der Waals surface area contributed by atoms with E-state index in [9.17, 15) is 0 Å². The first-order valence-corrected chi connectivity index (χ1v) is 7.53. The van der Waals surface area contributed by atoms with E-state index < -0.39 is 0 Å². The van der Waals surface area contributed by atoms with Gasteiger partial charge in [0.05, 0.1) is 11.1 Å². The fourth-order valence-corrected chi connectivity index (χ4v) is 3.12. The largest absolute Gasteiger partial charge is 0.383 e. The number of anilines is 1. The minimum atomic E-state index is -0.106. The van der Waals surface area contributed by atoms with Crippen molar-refractivity contribution in [1.29, 1.82) is 0 Å². The molecule has 0 aliphatic heterocycles. The molecule has 0 fully saturated rings. The van der Waals surface area contributed by atoms with Crippen LogP contribution >= 0.6 is 23.4 Å². The van der Waals surface area contributed by atoms with Gasteiger partial charge in [-0.2, -0.15) is 0 Å². The third kappa shape index (κ3) is 3.64. The molecule has 2 aromatic rings. The van der Waals surface area contributed by atoms with Crippen LogP contribution in [0.25, 0.3) is 0 Å². The Labute approximate surface area is 127 Å². The number of halogens is 1. The lowest BCUT2D eigenvalue weighted by Crippen LogP contribution is -2.30. The van der Waals surface area contributed by atoms with Gasteiger partial charge in [-0.25, -0.2) is 4.98 Å². The molecule has 0 aliphatic rings. The van der Waals surface area contributed by atoms with Gasteiger partial charge < -0.3 is 5.73 Å². The predicted molar refractivity (Wildman–Crippen MR) is 85.6 cm³/mol. The molecule has 0 radical (unpaired) electrons. The fraction of sp³-hybridized carbons (Fsp3) is 0.214. The van der Waals surface area contributed by atoms with E-state index in [2.05, 4.69) is 29.5 Å². The summed E-state index contributed by atoms with van der Waals surface area (Å²) in [7, 11) is 0. The number of nitrogens with zero attached hydrogens (tertiary/aromatic N) is 1. The van der Waals surface area contributed by atoms with Gasteiger partial charge >= 0.3 is 0 Å². The molecule has 0 bridgehead atoms. The summed E-state index contributed by atoms with van der Waals surface area (Å²) < 4.78 is 0. The summed E-state index contributed by atoms with van der Waals surface area (Å²) in [6.45, 7) is 2.09. The number of benzene rings is 1. The molecule has 0 aliphatic carbocycles. The molecule has 6 heteroatoms. The third-order valence-electron chi connectivity index (χ3n) is 2.99. The summed E-state index contributed by atoms with van der Waals surface area (Å²) in [4.78, 5) is 5.28. The molecule has 1 atom stereocenters. The minimum absolute atomic E-state index is 0.106. The Balaban J connectivity index is 2.13. The molecular weight excluding hydrogens is 292 g/mol. The number of hydrogen-bond donors (Lipinski definition) is 3. The first kappa shape index (κ1) is 15.1. The van der Waals surface area contributed by atoms with Crippen LogP contribution in [0.1, 0.15) is 17.2 Å². The smallest absolute Gasteiger partial charge is 0.128 e. The maximum Gasteiger partial charge on any atom is 0.128 e. The van der Waals surface area contributed by atoms with E-state index in [0.717, 1.165) is 11.3 Å². The zero-order valence-corrected chi connectivity index (χ0v) is 12.7. The van der Waals surface area contributed by atoms with Crippen LogP contribution < -0.4 is 17.0 Å². The standard InChI is InChI=1S/C14H17ClN4S/c1-9-4-2-3-5-13(9)20-8-12(19-17)11-6-10(15)7-18-14(11)16/h2-7,12,19H,8,17H2,1H3,(H2,16,18). The first-order valence-electron chi connectivity index (χ1n) is 6.17. The summed E-state index contributed by atoms with van der Waals surface area (Å²) in [5.41, 5.74) is 10.7. The average Bonchev–Trinajstić information content (AvgIpc) is 2.45. The molecule has 1 heterocycles. The Morgan fingerprint density at radius 3 is 2.85 bits per heavy atom.